The van der Waals surface area contributed by atoms with Gasteiger partial charge in [0.25, 0.3) is 11.8 Å². The number of aromatic amines is 1. The van der Waals surface area contributed by atoms with E-state index in [4.69, 9.17) is 0 Å². The van der Waals surface area contributed by atoms with Crippen LogP contribution in [0.25, 0.3) is 22.0 Å². The van der Waals surface area contributed by atoms with Gasteiger partial charge < -0.3 is 10.1 Å². The van der Waals surface area contributed by atoms with E-state index < -0.39 is 28.2 Å². The summed E-state index contributed by atoms with van der Waals surface area (Å²) >= 11 is 0. The lowest BCUT2D eigenvalue weighted by Crippen LogP contribution is -2.22. The number of amides is 2. The predicted octanol–water partition coefficient (Wildman–Crippen LogP) is 2.35. The molecule has 0 radical (unpaired) electrons. The first-order chi connectivity index (χ1) is 12.5. The number of phenols is 1. The Kier molecular flexibility index (Phi) is 3.33. The number of nitrogens with one attached hydrogen (secondary N) is 2. The third kappa shape index (κ3) is 2.24. The number of phenolic OH excluding ortho intramolecular Hbond substituents is 1. The zero-order valence-electron chi connectivity index (χ0n) is 13.1. The zero-order chi connectivity index (χ0) is 18.4. The molecule has 26 heavy (non-hydrogen) atoms. The van der Waals surface area contributed by atoms with Gasteiger partial charge in [0.15, 0.2) is 5.75 Å². The summed E-state index contributed by atoms with van der Waals surface area (Å²) in [5, 5.41) is 23.7. The van der Waals surface area contributed by atoms with E-state index >= 15 is 0 Å². The van der Waals surface area contributed by atoms with Crippen molar-refractivity contribution < 1.29 is 19.6 Å². The van der Waals surface area contributed by atoms with E-state index in [2.05, 4.69) is 10.3 Å². The van der Waals surface area contributed by atoms with Crippen LogP contribution in [0.3, 0.4) is 0 Å². The Morgan fingerprint density at radius 2 is 1.73 bits per heavy atom. The van der Waals surface area contributed by atoms with E-state index in [1.807, 2.05) is 12.1 Å². The number of nitro groups is 1. The number of aromatic nitrogens is 1. The van der Waals surface area contributed by atoms with E-state index in [9.17, 15) is 24.8 Å². The molecule has 2 heterocycles. The molecule has 0 unspecified atom stereocenters. The molecular weight excluding hydrogens is 338 g/mol. The molecule has 0 saturated carbocycles. The lowest BCUT2D eigenvalue weighted by Gasteiger charge is -2.05. The van der Waals surface area contributed by atoms with Crippen LogP contribution in [0, 0.1) is 10.1 Å². The molecule has 0 atom stereocenters. The second-order valence-electron chi connectivity index (χ2n) is 5.74. The van der Waals surface area contributed by atoms with E-state index in [1.165, 1.54) is 6.07 Å². The molecule has 0 saturated heterocycles. The highest BCUT2D eigenvalue weighted by Crippen LogP contribution is 2.37. The van der Waals surface area contributed by atoms with Gasteiger partial charge in [0.2, 0.25) is 0 Å². The topological polar surface area (TPSA) is 125 Å². The number of para-hydroxylation sites is 1. The van der Waals surface area contributed by atoms with Gasteiger partial charge in [-0.3, -0.25) is 25.0 Å². The summed E-state index contributed by atoms with van der Waals surface area (Å²) in [6.45, 7) is 0. The number of hydrogen-bond donors (Lipinski definition) is 3. The van der Waals surface area contributed by atoms with Crippen LogP contribution in [0.2, 0.25) is 0 Å². The Bertz CT molecular complexity index is 1140. The number of H-pyrrole nitrogens is 1. The molecule has 0 bridgehead atoms. The van der Waals surface area contributed by atoms with Crippen LogP contribution in [0.1, 0.15) is 11.1 Å². The summed E-state index contributed by atoms with van der Waals surface area (Å²) in [4.78, 5) is 38.1. The van der Waals surface area contributed by atoms with Gasteiger partial charge in [0.05, 0.1) is 16.1 Å². The molecule has 4 rings (SSSR count). The average molecular weight is 349 g/mol. The maximum Gasteiger partial charge on any atom is 0.311 e. The number of aromatic hydroxyl groups is 1. The van der Waals surface area contributed by atoms with Gasteiger partial charge in [-0.05, 0) is 23.8 Å². The number of carbonyl (C=O) groups is 2. The van der Waals surface area contributed by atoms with Crippen molar-refractivity contribution >= 4 is 39.6 Å². The standard InChI is InChI=1S/C18H11N3O5/c22-14-6-5-9(7-13(14)21(25)26)15-16(18(24)20-17(15)23)11-8-19-12-4-2-1-3-10(11)12/h1-8,19,22H,(H,20,23,24). The lowest BCUT2D eigenvalue weighted by molar-refractivity contribution is -0.385. The van der Waals surface area contributed by atoms with Gasteiger partial charge in [-0.1, -0.05) is 18.2 Å². The van der Waals surface area contributed by atoms with E-state index in [1.54, 1.807) is 18.3 Å². The number of nitrogens with zero attached hydrogens (tertiary/aromatic N) is 1. The highest BCUT2D eigenvalue weighted by Gasteiger charge is 2.34. The summed E-state index contributed by atoms with van der Waals surface area (Å²) < 4.78 is 0. The quantitative estimate of drug-likeness (QED) is 0.380. The fourth-order valence-corrected chi connectivity index (χ4v) is 3.09. The third-order valence-corrected chi connectivity index (χ3v) is 4.25. The maximum absolute atomic E-state index is 12.4. The highest BCUT2D eigenvalue weighted by molar-refractivity contribution is 6.50. The second kappa shape index (κ2) is 5.55. The smallest absolute Gasteiger partial charge is 0.311 e. The molecule has 0 spiro atoms. The van der Waals surface area contributed by atoms with Gasteiger partial charge in [0.1, 0.15) is 0 Å². The van der Waals surface area contributed by atoms with Crippen molar-refractivity contribution in [3.63, 3.8) is 0 Å². The van der Waals surface area contributed by atoms with Crippen LogP contribution in [0.4, 0.5) is 5.69 Å². The highest BCUT2D eigenvalue weighted by atomic mass is 16.6. The first kappa shape index (κ1) is 15.6. The predicted molar refractivity (Wildman–Crippen MR) is 93.0 cm³/mol. The molecule has 0 fully saturated rings. The van der Waals surface area contributed by atoms with Gasteiger partial charge in [-0.15, -0.1) is 0 Å². The zero-order valence-corrected chi connectivity index (χ0v) is 13.1. The molecule has 2 aromatic carbocycles. The monoisotopic (exact) mass is 349 g/mol. The molecule has 8 nitrogen and oxygen atoms in total. The van der Waals surface area contributed by atoms with Crippen molar-refractivity contribution in [3.05, 3.63) is 69.9 Å². The molecule has 0 aliphatic carbocycles. The van der Waals surface area contributed by atoms with Crippen molar-refractivity contribution in [2.45, 2.75) is 0 Å². The van der Waals surface area contributed by atoms with Crippen LogP contribution in [0.5, 0.6) is 5.75 Å². The number of nitro benzene ring substituents is 1. The first-order valence-corrected chi connectivity index (χ1v) is 7.61. The summed E-state index contributed by atoms with van der Waals surface area (Å²) in [5.74, 6) is -1.74. The van der Waals surface area contributed by atoms with Crippen molar-refractivity contribution in [1.82, 2.24) is 10.3 Å². The largest absolute Gasteiger partial charge is 0.502 e. The molecule has 2 amide bonds. The Balaban J connectivity index is 2.00. The molecule has 1 aromatic heterocycles. The van der Waals surface area contributed by atoms with Gasteiger partial charge >= 0.3 is 5.69 Å². The lowest BCUT2D eigenvalue weighted by atomic mass is 9.95. The minimum Gasteiger partial charge on any atom is -0.502 e. The van der Waals surface area contributed by atoms with Crippen LogP contribution in [-0.2, 0) is 9.59 Å². The molecule has 3 aromatic rings. The normalized spacial score (nSPS) is 14.2. The number of benzene rings is 2. The number of carbonyl (C=O) groups excluding carboxylic acids is 2. The van der Waals surface area contributed by atoms with Gasteiger partial charge in [-0.25, -0.2) is 0 Å². The van der Waals surface area contributed by atoms with Crippen LogP contribution in [-0.4, -0.2) is 26.8 Å². The average Bonchev–Trinajstić information content (AvgIpc) is 3.15. The molecule has 8 heteroatoms. The van der Waals surface area contributed by atoms with Crippen molar-refractivity contribution in [3.8, 4) is 5.75 Å². The van der Waals surface area contributed by atoms with Crippen molar-refractivity contribution in [1.29, 1.82) is 0 Å². The Morgan fingerprint density at radius 3 is 2.50 bits per heavy atom. The number of hydrogen-bond acceptors (Lipinski definition) is 5. The SMILES string of the molecule is O=C1NC(=O)C(c2c[nH]c3ccccc23)=C1c1ccc(O)c([N+](=O)[O-])c1. The molecule has 1 aliphatic heterocycles. The number of rotatable bonds is 3. The number of imide groups is 1. The van der Waals surface area contributed by atoms with E-state index in [-0.39, 0.29) is 16.7 Å². The van der Waals surface area contributed by atoms with Crippen LogP contribution < -0.4 is 5.32 Å². The maximum atomic E-state index is 12.4. The fraction of sp³-hybridized carbons (Fsp3) is 0. The van der Waals surface area contributed by atoms with Gasteiger partial charge in [0, 0.05) is 28.7 Å². The van der Waals surface area contributed by atoms with E-state index in [0.29, 0.717) is 5.56 Å². The first-order valence-electron chi connectivity index (χ1n) is 7.61. The van der Waals surface area contributed by atoms with Crippen molar-refractivity contribution in [2.24, 2.45) is 0 Å². The molecule has 128 valence electrons. The van der Waals surface area contributed by atoms with Crippen LogP contribution >= 0.6 is 0 Å². The minimum atomic E-state index is -0.751. The summed E-state index contributed by atoms with van der Waals surface area (Å²) in [5.41, 5.74) is 1.11. The fourth-order valence-electron chi connectivity index (χ4n) is 3.09. The Hall–Kier alpha value is -3.94. The summed E-state index contributed by atoms with van der Waals surface area (Å²) in [6, 6.07) is 10.9. The Labute approximate surface area is 145 Å². The van der Waals surface area contributed by atoms with Crippen LogP contribution in [0.15, 0.2) is 48.7 Å². The summed E-state index contributed by atoms with van der Waals surface area (Å²) in [7, 11) is 0. The number of fused-ring (bicyclic) bond motifs is 1. The Morgan fingerprint density at radius 1 is 1.00 bits per heavy atom. The second-order valence-corrected chi connectivity index (χ2v) is 5.74. The molecular formula is C18H11N3O5. The molecule has 3 N–H and O–H groups in total. The third-order valence-electron chi connectivity index (χ3n) is 4.25. The minimum absolute atomic E-state index is 0.0304. The van der Waals surface area contributed by atoms with Gasteiger partial charge in [-0.2, -0.15) is 0 Å². The molecule has 1 aliphatic rings. The summed E-state index contributed by atoms with van der Waals surface area (Å²) in [6.07, 6.45) is 1.62. The van der Waals surface area contributed by atoms with E-state index in [0.717, 1.165) is 23.0 Å². The van der Waals surface area contributed by atoms with Crippen molar-refractivity contribution in [2.75, 3.05) is 0 Å².